The van der Waals surface area contributed by atoms with Gasteiger partial charge in [-0.25, -0.2) is 9.67 Å². The molecule has 140 valence electrons. The van der Waals surface area contributed by atoms with Crippen molar-refractivity contribution in [3.8, 4) is 5.69 Å². The van der Waals surface area contributed by atoms with Crippen LogP contribution in [-0.2, 0) is 11.3 Å². The maximum atomic E-state index is 12.8. The van der Waals surface area contributed by atoms with Gasteiger partial charge in [0.15, 0.2) is 5.65 Å². The van der Waals surface area contributed by atoms with Gasteiger partial charge in [-0.05, 0) is 37.6 Å². The summed E-state index contributed by atoms with van der Waals surface area (Å²) in [6, 6.07) is 15.2. The van der Waals surface area contributed by atoms with Gasteiger partial charge in [-0.15, -0.1) is 0 Å². The van der Waals surface area contributed by atoms with Crippen LogP contribution in [0.1, 0.15) is 11.1 Å². The summed E-state index contributed by atoms with van der Waals surface area (Å²) in [4.78, 5) is 29.5. The molecule has 0 unspecified atom stereocenters. The Morgan fingerprint density at radius 3 is 2.64 bits per heavy atom. The van der Waals surface area contributed by atoms with Gasteiger partial charge in [0.2, 0.25) is 5.91 Å². The van der Waals surface area contributed by atoms with Gasteiger partial charge in [-0.3, -0.25) is 14.2 Å². The van der Waals surface area contributed by atoms with Gasteiger partial charge >= 0.3 is 0 Å². The maximum Gasteiger partial charge on any atom is 0.264 e. The van der Waals surface area contributed by atoms with Crippen molar-refractivity contribution in [1.29, 1.82) is 0 Å². The van der Waals surface area contributed by atoms with Crippen LogP contribution in [0.5, 0.6) is 0 Å². The fraction of sp³-hybridized carbons (Fsp3) is 0.143. The van der Waals surface area contributed by atoms with Gasteiger partial charge in [0.05, 0.1) is 11.9 Å². The highest BCUT2D eigenvalue weighted by molar-refractivity contribution is 5.91. The van der Waals surface area contributed by atoms with Crippen LogP contribution >= 0.6 is 0 Å². The second-order valence-corrected chi connectivity index (χ2v) is 6.67. The largest absolute Gasteiger partial charge is 0.324 e. The number of para-hydroxylation sites is 1. The molecule has 7 heteroatoms. The lowest BCUT2D eigenvalue weighted by Gasteiger charge is -2.10. The standard InChI is InChI=1S/C21H19N5O2/c1-14-8-9-18(15(2)10-14)24-19(27)12-25-13-22-20-17(21(25)28)11-23-26(20)16-6-4-3-5-7-16/h3-11,13H,12H2,1-2H3,(H,24,27). The van der Waals surface area contributed by atoms with Crippen molar-refractivity contribution in [2.45, 2.75) is 20.4 Å². The summed E-state index contributed by atoms with van der Waals surface area (Å²) in [5.74, 6) is -0.286. The quantitative estimate of drug-likeness (QED) is 0.596. The molecule has 1 amide bonds. The third-order valence-corrected chi connectivity index (χ3v) is 4.53. The van der Waals surface area contributed by atoms with E-state index in [1.54, 1.807) is 4.68 Å². The van der Waals surface area contributed by atoms with Gasteiger partial charge < -0.3 is 5.32 Å². The zero-order valence-corrected chi connectivity index (χ0v) is 15.6. The van der Waals surface area contributed by atoms with E-state index in [2.05, 4.69) is 15.4 Å². The molecule has 2 aromatic heterocycles. The zero-order valence-electron chi connectivity index (χ0n) is 15.6. The van der Waals surface area contributed by atoms with Gasteiger partial charge in [0, 0.05) is 5.69 Å². The number of hydrogen-bond donors (Lipinski definition) is 1. The smallest absolute Gasteiger partial charge is 0.264 e. The fourth-order valence-electron chi connectivity index (χ4n) is 3.12. The highest BCUT2D eigenvalue weighted by atomic mass is 16.2. The number of carbonyl (C=O) groups excluding carboxylic acids is 1. The van der Waals surface area contributed by atoms with E-state index in [0.29, 0.717) is 11.0 Å². The van der Waals surface area contributed by atoms with E-state index in [9.17, 15) is 9.59 Å². The minimum Gasteiger partial charge on any atom is -0.324 e. The summed E-state index contributed by atoms with van der Waals surface area (Å²) < 4.78 is 2.90. The number of aromatic nitrogens is 4. The zero-order chi connectivity index (χ0) is 19.7. The molecule has 0 aliphatic rings. The van der Waals surface area contributed by atoms with Crippen LogP contribution in [0.15, 0.2) is 65.8 Å². The minimum absolute atomic E-state index is 0.119. The highest BCUT2D eigenvalue weighted by Crippen LogP contribution is 2.16. The number of carbonyl (C=O) groups is 1. The van der Waals surface area contributed by atoms with Crippen molar-refractivity contribution in [3.05, 3.63) is 82.5 Å². The molecule has 1 N–H and O–H groups in total. The number of amides is 1. The highest BCUT2D eigenvalue weighted by Gasteiger charge is 2.13. The van der Waals surface area contributed by atoms with Crippen LogP contribution in [0.4, 0.5) is 5.69 Å². The molecule has 0 aliphatic carbocycles. The summed E-state index contributed by atoms with van der Waals surface area (Å²) in [5, 5.41) is 7.49. The summed E-state index contributed by atoms with van der Waals surface area (Å²) in [6.45, 7) is 3.81. The number of hydrogen-bond acceptors (Lipinski definition) is 4. The Morgan fingerprint density at radius 1 is 1.11 bits per heavy atom. The molecule has 2 aromatic carbocycles. The van der Waals surface area contributed by atoms with Crippen LogP contribution in [0.2, 0.25) is 0 Å². The van der Waals surface area contributed by atoms with Crippen LogP contribution in [0, 0.1) is 13.8 Å². The molecular weight excluding hydrogens is 354 g/mol. The molecule has 0 spiro atoms. The third-order valence-electron chi connectivity index (χ3n) is 4.53. The van der Waals surface area contributed by atoms with Gasteiger partial charge in [-0.2, -0.15) is 5.10 Å². The molecule has 4 rings (SSSR count). The number of benzene rings is 2. The van der Waals surface area contributed by atoms with E-state index in [0.717, 1.165) is 22.5 Å². The molecule has 0 bridgehead atoms. The van der Waals surface area contributed by atoms with Crippen LogP contribution in [0.3, 0.4) is 0 Å². The molecule has 0 radical (unpaired) electrons. The number of aryl methyl sites for hydroxylation is 2. The molecule has 28 heavy (non-hydrogen) atoms. The third kappa shape index (κ3) is 3.29. The Hall–Kier alpha value is -3.74. The van der Waals surface area contributed by atoms with Crippen LogP contribution in [0.25, 0.3) is 16.7 Å². The lowest BCUT2D eigenvalue weighted by molar-refractivity contribution is -0.116. The Bertz CT molecular complexity index is 1220. The minimum atomic E-state index is -0.303. The molecule has 2 heterocycles. The SMILES string of the molecule is Cc1ccc(NC(=O)Cn2cnc3c(cnn3-c3ccccc3)c2=O)c(C)c1. The second kappa shape index (κ2) is 7.11. The molecule has 0 fully saturated rings. The van der Waals surface area contributed by atoms with Crippen molar-refractivity contribution in [1.82, 2.24) is 19.3 Å². The first-order chi connectivity index (χ1) is 13.5. The molecular formula is C21H19N5O2. The first-order valence-electron chi connectivity index (χ1n) is 8.88. The summed E-state index contributed by atoms with van der Waals surface area (Å²) in [6.07, 6.45) is 2.86. The summed E-state index contributed by atoms with van der Waals surface area (Å²) in [7, 11) is 0. The van der Waals surface area contributed by atoms with Crippen LogP contribution < -0.4 is 10.9 Å². The molecule has 7 nitrogen and oxygen atoms in total. The number of rotatable bonds is 4. The number of nitrogens with one attached hydrogen (secondary N) is 1. The first-order valence-corrected chi connectivity index (χ1v) is 8.88. The molecule has 4 aromatic rings. The topological polar surface area (TPSA) is 81.8 Å². The summed E-state index contributed by atoms with van der Waals surface area (Å²) >= 11 is 0. The monoisotopic (exact) mass is 373 g/mol. The van der Waals surface area contributed by atoms with Crippen LogP contribution in [-0.4, -0.2) is 25.2 Å². The molecule has 0 aliphatic heterocycles. The van der Waals surface area contributed by atoms with Crippen molar-refractivity contribution in [2.75, 3.05) is 5.32 Å². The van der Waals surface area contributed by atoms with Gasteiger partial charge in [0.1, 0.15) is 18.3 Å². The van der Waals surface area contributed by atoms with E-state index in [1.807, 2.05) is 62.4 Å². The fourth-order valence-corrected chi connectivity index (χ4v) is 3.12. The summed E-state index contributed by atoms with van der Waals surface area (Å²) in [5.41, 5.74) is 3.80. The average Bonchev–Trinajstić information content (AvgIpc) is 3.12. The lowest BCUT2D eigenvalue weighted by Crippen LogP contribution is -2.28. The molecule has 0 atom stereocenters. The predicted octanol–water partition coefficient (Wildman–Crippen LogP) is 2.84. The Balaban J connectivity index is 1.60. The Kier molecular flexibility index (Phi) is 4.49. The normalized spacial score (nSPS) is 10.9. The first kappa shape index (κ1) is 17.7. The van der Waals surface area contributed by atoms with E-state index in [4.69, 9.17) is 0 Å². The van der Waals surface area contributed by atoms with Gasteiger partial charge in [-0.1, -0.05) is 35.9 Å². The van der Waals surface area contributed by atoms with E-state index < -0.39 is 0 Å². The maximum absolute atomic E-state index is 12.8. The predicted molar refractivity (Wildman–Crippen MR) is 108 cm³/mol. The van der Waals surface area contributed by atoms with Crippen molar-refractivity contribution >= 4 is 22.6 Å². The lowest BCUT2D eigenvalue weighted by atomic mass is 10.1. The van der Waals surface area contributed by atoms with Gasteiger partial charge in [0.25, 0.3) is 5.56 Å². The second-order valence-electron chi connectivity index (χ2n) is 6.67. The molecule has 0 saturated heterocycles. The van der Waals surface area contributed by atoms with E-state index >= 15 is 0 Å². The van der Waals surface area contributed by atoms with Crippen molar-refractivity contribution < 1.29 is 4.79 Å². The van der Waals surface area contributed by atoms with E-state index in [-0.39, 0.29) is 18.0 Å². The number of fused-ring (bicyclic) bond motifs is 1. The Morgan fingerprint density at radius 2 is 1.89 bits per heavy atom. The molecule has 0 saturated carbocycles. The Labute approximate surface area is 161 Å². The van der Waals surface area contributed by atoms with E-state index in [1.165, 1.54) is 17.1 Å². The average molecular weight is 373 g/mol. The number of anilines is 1. The van der Waals surface area contributed by atoms with Crippen molar-refractivity contribution in [3.63, 3.8) is 0 Å². The number of nitrogens with zero attached hydrogens (tertiary/aromatic N) is 4. The van der Waals surface area contributed by atoms with Crippen molar-refractivity contribution in [2.24, 2.45) is 0 Å².